The van der Waals surface area contributed by atoms with Crippen LogP contribution in [0, 0.1) is 0 Å². The number of nitrogens with two attached hydrogens (primary N) is 2. The normalized spacial score (nSPS) is 12.7. The van der Waals surface area contributed by atoms with E-state index in [9.17, 15) is 31.1 Å². The molecule has 5 N–H and O–H groups in total. The first kappa shape index (κ1) is 29.6. The van der Waals surface area contributed by atoms with E-state index in [4.69, 9.17) is 27.6 Å². The van der Waals surface area contributed by atoms with Crippen molar-refractivity contribution in [3.63, 3.8) is 0 Å². The van der Waals surface area contributed by atoms with E-state index in [1.54, 1.807) is 24.3 Å². The van der Waals surface area contributed by atoms with Crippen LogP contribution in [0.4, 0.5) is 26.3 Å². The third-order valence-corrected chi connectivity index (χ3v) is 6.23. The highest BCUT2D eigenvalue weighted by atomic mass is 35.5. The molecule has 4 aromatic rings. The number of allylic oxidation sites excluding steroid dienone is 1. The van der Waals surface area contributed by atoms with Gasteiger partial charge in [0.1, 0.15) is 11.4 Å². The first-order valence-corrected chi connectivity index (χ1v) is 12.1. The van der Waals surface area contributed by atoms with Crippen molar-refractivity contribution in [2.24, 2.45) is 11.5 Å². The highest BCUT2D eigenvalue weighted by molar-refractivity contribution is 6.33. The van der Waals surface area contributed by atoms with Gasteiger partial charge in [0.15, 0.2) is 5.76 Å². The van der Waals surface area contributed by atoms with Crippen LogP contribution in [0.1, 0.15) is 38.3 Å². The average molecular weight is 596 g/mol. The lowest BCUT2D eigenvalue weighted by Crippen LogP contribution is -2.24. The van der Waals surface area contributed by atoms with Crippen LogP contribution in [0.25, 0.3) is 17.0 Å². The number of carbonyl (C=O) groups excluding carboxylic acids is 1. The zero-order valence-corrected chi connectivity index (χ0v) is 21.5. The van der Waals surface area contributed by atoms with Gasteiger partial charge in [-0.25, -0.2) is 0 Å². The van der Waals surface area contributed by atoms with Gasteiger partial charge in [-0.2, -0.15) is 26.3 Å². The Balaban J connectivity index is 1.80. The number of nitrogens with zero attached hydrogens (tertiary/aromatic N) is 2. The highest BCUT2D eigenvalue weighted by Gasteiger charge is 2.37. The smallest absolute Gasteiger partial charge is 0.394 e. The summed E-state index contributed by atoms with van der Waals surface area (Å²) in [6, 6.07) is 10.5. The van der Waals surface area contributed by atoms with Crippen LogP contribution < -0.4 is 16.8 Å². The summed E-state index contributed by atoms with van der Waals surface area (Å²) in [5.41, 5.74) is 8.76. The van der Waals surface area contributed by atoms with E-state index in [1.165, 1.54) is 24.5 Å². The maximum atomic E-state index is 13.8. The molecule has 0 radical (unpaired) electrons. The molecule has 2 aromatic heterocycles. The molecule has 0 saturated heterocycles. The molecule has 41 heavy (non-hydrogen) atoms. The molecule has 0 aliphatic rings. The fraction of sp³-hybridized carbons (Fsp3) is 0.148. The Morgan fingerprint density at radius 1 is 0.951 bits per heavy atom. The third-order valence-electron chi connectivity index (χ3n) is 5.90. The number of alkyl halides is 6. The van der Waals surface area contributed by atoms with Gasteiger partial charge in [0.2, 0.25) is 5.78 Å². The van der Waals surface area contributed by atoms with Crippen LogP contribution in [-0.4, -0.2) is 15.9 Å². The van der Waals surface area contributed by atoms with Crippen molar-refractivity contribution < 1.29 is 35.7 Å². The lowest BCUT2D eigenvalue weighted by molar-refractivity contribution is -0.143. The van der Waals surface area contributed by atoms with Gasteiger partial charge in [-0.3, -0.25) is 9.78 Å². The van der Waals surface area contributed by atoms with Gasteiger partial charge >= 0.3 is 12.4 Å². The van der Waals surface area contributed by atoms with Crippen LogP contribution >= 0.6 is 11.6 Å². The van der Waals surface area contributed by atoms with Crippen molar-refractivity contribution in [2.75, 3.05) is 0 Å². The fourth-order valence-electron chi connectivity index (χ4n) is 3.96. The van der Waals surface area contributed by atoms with Crippen LogP contribution in [0.3, 0.4) is 0 Å². The highest BCUT2D eigenvalue weighted by Crippen LogP contribution is 2.37. The van der Waals surface area contributed by atoms with Crippen molar-refractivity contribution in [1.82, 2.24) is 15.5 Å². The number of nitrogens with one attached hydrogen (secondary N) is 1. The van der Waals surface area contributed by atoms with Gasteiger partial charge in [-0.1, -0.05) is 28.9 Å². The second kappa shape index (κ2) is 11.6. The van der Waals surface area contributed by atoms with E-state index in [-0.39, 0.29) is 51.5 Å². The zero-order chi connectivity index (χ0) is 29.9. The molecule has 0 spiro atoms. The van der Waals surface area contributed by atoms with Gasteiger partial charge in [0, 0.05) is 36.6 Å². The predicted molar refractivity (Wildman–Crippen MR) is 138 cm³/mol. The number of carbonyl (C=O) groups is 1. The fourth-order valence-corrected chi connectivity index (χ4v) is 4.18. The number of benzene rings is 2. The molecule has 0 aliphatic heterocycles. The zero-order valence-electron chi connectivity index (χ0n) is 20.8. The monoisotopic (exact) mass is 595 g/mol. The second-order valence-corrected chi connectivity index (χ2v) is 9.05. The van der Waals surface area contributed by atoms with E-state index in [0.717, 1.165) is 0 Å². The summed E-state index contributed by atoms with van der Waals surface area (Å²) in [6.07, 6.45) is -7.34. The van der Waals surface area contributed by atoms with Crippen LogP contribution in [0.15, 0.2) is 77.2 Å². The first-order valence-electron chi connectivity index (χ1n) is 11.7. The molecular formula is C27H20ClF6N5O2. The molecule has 2 aromatic carbocycles. The van der Waals surface area contributed by atoms with E-state index in [0.29, 0.717) is 17.7 Å². The standard InChI is InChI=1S/C27H20ClF6N5O2/c28-19-4-2-1-3-18(19)25-21(20(12-35)39-41-25)24(40)22(36)23(15-5-7-37-8-6-15)38-13-14-9-16(26(29,30)31)11-17(10-14)27(32,33)34/h1-11,38H,12-13,35-36H2/b23-22-. The van der Waals surface area contributed by atoms with Gasteiger partial charge in [0.05, 0.1) is 27.4 Å². The van der Waals surface area contributed by atoms with E-state index >= 15 is 0 Å². The third kappa shape index (κ3) is 6.52. The number of pyridine rings is 1. The van der Waals surface area contributed by atoms with Gasteiger partial charge in [-0.15, -0.1) is 0 Å². The molecule has 214 valence electrons. The molecule has 0 bridgehead atoms. The molecule has 0 amide bonds. The maximum absolute atomic E-state index is 13.8. The average Bonchev–Trinajstić information content (AvgIpc) is 3.36. The molecule has 7 nitrogen and oxygen atoms in total. The molecule has 0 fully saturated rings. The summed E-state index contributed by atoms with van der Waals surface area (Å²) >= 11 is 6.28. The minimum Gasteiger partial charge on any atom is -0.394 e. The molecular weight excluding hydrogens is 576 g/mol. The summed E-state index contributed by atoms with van der Waals surface area (Å²) in [5.74, 6) is -0.841. The number of ketones is 1. The van der Waals surface area contributed by atoms with E-state index in [1.807, 2.05) is 0 Å². The molecule has 0 unspecified atom stereocenters. The Kier molecular flexibility index (Phi) is 8.40. The van der Waals surface area contributed by atoms with Crippen LogP contribution in [-0.2, 0) is 25.4 Å². The maximum Gasteiger partial charge on any atom is 0.416 e. The topological polar surface area (TPSA) is 120 Å². The first-order chi connectivity index (χ1) is 19.3. The largest absolute Gasteiger partial charge is 0.416 e. The SMILES string of the molecule is NCc1noc(-c2ccccc2Cl)c1C(=O)/C(N)=C(/NCc1cc(C(F)(F)F)cc(C(F)(F)F)c1)c1ccncc1. The number of aromatic nitrogens is 2. The van der Waals surface area contributed by atoms with Gasteiger partial charge < -0.3 is 21.3 Å². The molecule has 14 heteroatoms. The lowest BCUT2D eigenvalue weighted by Gasteiger charge is -2.17. The number of hydrogen-bond donors (Lipinski definition) is 3. The van der Waals surface area contributed by atoms with Crippen molar-refractivity contribution >= 4 is 23.1 Å². The quantitative estimate of drug-likeness (QED) is 0.126. The second-order valence-electron chi connectivity index (χ2n) is 8.64. The lowest BCUT2D eigenvalue weighted by atomic mass is 9.98. The Labute approximate surface area is 233 Å². The number of Topliss-reactive ketones (excluding diaryl/α,β-unsaturated/α-hetero) is 1. The summed E-state index contributed by atoms with van der Waals surface area (Å²) < 4.78 is 85.6. The molecule has 0 atom stereocenters. The minimum atomic E-state index is -5.03. The summed E-state index contributed by atoms with van der Waals surface area (Å²) in [6.45, 7) is -0.770. The minimum absolute atomic E-state index is 0.0224. The Hall–Kier alpha value is -4.36. The molecule has 0 aliphatic carbocycles. The summed E-state index contributed by atoms with van der Waals surface area (Å²) in [7, 11) is 0. The molecule has 2 heterocycles. The summed E-state index contributed by atoms with van der Waals surface area (Å²) in [4.78, 5) is 17.6. The van der Waals surface area contributed by atoms with Crippen molar-refractivity contribution in [3.8, 4) is 11.3 Å². The van der Waals surface area contributed by atoms with Crippen molar-refractivity contribution in [2.45, 2.75) is 25.4 Å². The van der Waals surface area contributed by atoms with Gasteiger partial charge in [-0.05, 0) is 48.0 Å². The number of halogens is 7. The Morgan fingerprint density at radius 3 is 2.12 bits per heavy atom. The van der Waals surface area contributed by atoms with Crippen molar-refractivity contribution in [3.05, 3.63) is 111 Å². The number of hydrogen-bond acceptors (Lipinski definition) is 7. The molecule has 4 rings (SSSR count). The van der Waals surface area contributed by atoms with E-state index < -0.39 is 41.5 Å². The van der Waals surface area contributed by atoms with Crippen LogP contribution in [0.5, 0.6) is 0 Å². The predicted octanol–water partition coefficient (Wildman–Crippen LogP) is 6.19. The Bertz CT molecular complexity index is 1570. The molecule has 0 saturated carbocycles. The van der Waals surface area contributed by atoms with Gasteiger partial charge in [0.25, 0.3) is 0 Å². The van der Waals surface area contributed by atoms with Crippen LogP contribution in [0.2, 0.25) is 5.02 Å². The van der Waals surface area contributed by atoms with E-state index in [2.05, 4.69) is 15.5 Å². The summed E-state index contributed by atoms with van der Waals surface area (Å²) in [5, 5.41) is 6.81. The van der Waals surface area contributed by atoms with Crippen molar-refractivity contribution in [1.29, 1.82) is 0 Å². The number of rotatable bonds is 8. The Morgan fingerprint density at radius 2 is 1.56 bits per heavy atom.